The van der Waals surface area contributed by atoms with Gasteiger partial charge in [-0.2, -0.15) is 0 Å². The number of carbonyl (C=O) groups excluding carboxylic acids is 1. The summed E-state index contributed by atoms with van der Waals surface area (Å²) in [5.41, 5.74) is -0.300. The minimum Gasteiger partial charge on any atom is -0.544 e. The van der Waals surface area contributed by atoms with Crippen molar-refractivity contribution in [2.45, 2.75) is 83.1 Å². The number of carbonyl (C=O) groups is 1. The molecule has 2 rings (SSSR count). The zero-order valence-electron chi connectivity index (χ0n) is 16.5. The molecule has 1 N–H and O–H groups in total. The summed E-state index contributed by atoms with van der Waals surface area (Å²) in [5.74, 6) is 0.308. The molecule has 0 saturated carbocycles. The summed E-state index contributed by atoms with van der Waals surface area (Å²) in [6, 6.07) is 0. The monoisotopic (exact) mass is 372 g/mol. The van der Waals surface area contributed by atoms with Gasteiger partial charge in [-0.25, -0.2) is 0 Å². The van der Waals surface area contributed by atoms with E-state index in [1.807, 2.05) is 0 Å². The van der Waals surface area contributed by atoms with E-state index in [9.17, 15) is 9.90 Å². The molecular weight excluding hydrogens is 340 g/mol. The number of esters is 1. The minimum atomic E-state index is -2.15. The number of aliphatic hydroxyl groups is 1. The molecule has 0 spiro atoms. The molecule has 1 aliphatic carbocycles. The Balaban J connectivity index is 2.33. The fourth-order valence-electron chi connectivity index (χ4n) is 3.06. The molecule has 1 aliphatic heterocycles. The minimum absolute atomic E-state index is 0.00496. The summed E-state index contributed by atoms with van der Waals surface area (Å²) >= 11 is 0. The Hall–Kier alpha value is -0.893. The maximum absolute atomic E-state index is 12.0. The van der Waals surface area contributed by atoms with E-state index >= 15 is 0 Å². The van der Waals surface area contributed by atoms with Gasteiger partial charge in [0.05, 0.1) is 13.0 Å². The largest absolute Gasteiger partial charge is 0.544 e. The average Bonchev–Trinajstić information content (AvgIpc) is 2.90. The van der Waals surface area contributed by atoms with E-state index in [-0.39, 0.29) is 17.4 Å². The molecule has 1 saturated heterocycles. The van der Waals surface area contributed by atoms with Crippen molar-refractivity contribution < 1.29 is 28.5 Å². The van der Waals surface area contributed by atoms with Gasteiger partial charge in [-0.3, -0.25) is 4.79 Å². The Morgan fingerprint density at radius 2 is 2.04 bits per heavy atom. The fourth-order valence-corrected chi connectivity index (χ4v) is 4.17. The highest BCUT2D eigenvalue weighted by molar-refractivity contribution is 6.74. The Bertz CT molecular complexity index is 550. The van der Waals surface area contributed by atoms with Crippen LogP contribution in [-0.2, 0) is 23.4 Å². The Morgan fingerprint density at radius 3 is 2.56 bits per heavy atom. The SMILES string of the molecule is CCOC(=O)CC1=C(O[Si](C)(C)C(C)(C)C)C2O[C@H](OC)C[C@@]2(O)C1. The molecule has 144 valence electrons. The van der Waals surface area contributed by atoms with E-state index in [4.69, 9.17) is 18.6 Å². The maximum Gasteiger partial charge on any atom is 0.310 e. The van der Waals surface area contributed by atoms with Gasteiger partial charge in [0.1, 0.15) is 17.5 Å². The van der Waals surface area contributed by atoms with Crippen molar-refractivity contribution in [2.24, 2.45) is 0 Å². The number of rotatable bonds is 6. The lowest BCUT2D eigenvalue weighted by molar-refractivity contribution is -0.142. The number of methoxy groups -OCH3 is 1. The van der Waals surface area contributed by atoms with Crippen LogP contribution in [0.15, 0.2) is 11.3 Å². The number of ether oxygens (including phenoxy) is 3. The smallest absolute Gasteiger partial charge is 0.310 e. The Kier molecular flexibility index (Phi) is 5.73. The van der Waals surface area contributed by atoms with Crippen molar-refractivity contribution >= 4 is 14.3 Å². The summed E-state index contributed by atoms with van der Waals surface area (Å²) in [6.07, 6.45) is -0.212. The first-order valence-electron chi connectivity index (χ1n) is 8.90. The van der Waals surface area contributed by atoms with Gasteiger partial charge < -0.3 is 23.7 Å². The lowest BCUT2D eigenvalue weighted by Gasteiger charge is -2.38. The average molecular weight is 373 g/mol. The molecule has 25 heavy (non-hydrogen) atoms. The van der Waals surface area contributed by atoms with Crippen LogP contribution in [0, 0.1) is 0 Å². The standard InChI is InChI=1S/C18H32O6Si/c1-8-22-13(19)9-12-10-18(20)11-14(21-5)23-16(18)15(12)24-25(6,7)17(2,3)4/h14,16,20H,8-11H2,1-7H3/t14-,16?,18-/m0/s1. The molecule has 3 atom stereocenters. The first-order chi connectivity index (χ1) is 11.4. The third-order valence-electron chi connectivity index (χ3n) is 5.50. The summed E-state index contributed by atoms with van der Waals surface area (Å²) in [4.78, 5) is 12.0. The normalized spacial score (nSPS) is 29.8. The predicted octanol–water partition coefficient (Wildman–Crippen LogP) is 3.11. The molecule has 0 aromatic carbocycles. The molecule has 0 aromatic rings. The summed E-state index contributed by atoms with van der Waals surface area (Å²) in [6.45, 7) is 12.9. The molecule has 2 aliphatic rings. The van der Waals surface area contributed by atoms with Crippen molar-refractivity contribution in [1.82, 2.24) is 0 Å². The van der Waals surface area contributed by atoms with Crippen molar-refractivity contribution in [3.8, 4) is 0 Å². The van der Waals surface area contributed by atoms with Gasteiger partial charge in [0.15, 0.2) is 6.29 Å². The zero-order chi connectivity index (χ0) is 19.0. The molecule has 0 radical (unpaired) electrons. The predicted molar refractivity (Wildman–Crippen MR) is 96.4 cm³/mol. The van der Waals surface area contributed by atoms with Gasteiger partial charge >= 0.3 is 5.97 Å². The fraction of sp³-hybridized carbons (Fsp3) is 0.833. The van der Waals surface area contributed by atoms with Gasteiger partial charge in [-0.15, -0.1) is 0 Å². The van der Waals surface area contributed by atoms with Gasteiger partial charge in [0.25, 0.3) is 0 Å². The molecule has 0 aromatic heterocycles. The molecule has 7 heteroatoms. The van der Waals surface area contributed by atoms with Gasteiger partial charge in [-0.05, 0) is 30.6 Å². The van der Waals surface area contributed by atoms with Crippen LogP contribution in [0.3, 0.4) is 0 Å². The number of hydrogen-bond acceptors (Lipinski definition) is 6. The zero-order valence-corrected chi connectivity index (χ0v) is 17.5. The second-order valence-corrected chi connectivity index (χ2v) is 13.2. The second kappa shape index (κ2) is 7.02. The van der Waals surface area contributed by atoms with Crippen LogP contribution in [0.5, 0.6) is 0 Å². The molecule has 0 bridgehead atoms. The Morgan fingerprint density at radius 1 is 1.40 bits per heavy atom. The molecule has 1 unspecified atom stereocenters. The molecule has 0 amide bonds. The summed E-state index contributed by atoms with van der Waals surface area (Å²) < 4.78 is 22.7. The molecule has 1 heterocycles. The lowest BCUT2D eigenvalue weighted by atomic mass is 9.95. The van der Waals surface area contributed by atoms with Crippen molar-refractivity contribution in [2.75, 3.05) is 13.7 Å². The van der Waals surface area contributed by atoms with E-state index < -0.39 is 26.3 Å². The van der Waals surface area contributed by atoms with Crippen molar-refractivity contribution in [1.29, 1.82) is 0 Å². The summed E-state index contributed by atoms with van der Waals surface area (Å²) in [5, 5.41) is 11.0. The maximum atomic E-state index is 12.0. The van der Waals surface area contributed by atoms with E-state index in [1.165, 1.54) is 0 Å². The molecule has 1 fully saturated rings. The first kappa shape index (κ1) is 20.4. The van der Waals surface area contributed by atoms with Crippen LogP contribution < -0.4 is 0 Å². The van der Waals surface area contributed by atoms with Crippen molar-refractivity contribution in [3.05, 3.63) is 11.3 Å². The Labute approximate surface area is 151 Å². The highest BCUT2D eigenvalue weighted by atomic mass is 28.4. The van der Waals surface area contributed by atoms with Crippen LogP contribution in [0.1, 0.15) is 47.0 Å². The number of hydrogen-bond donors (Lipinski definition) is 1. The van der Waals surface area contributed by atoms with E-state index in [1.54, 1.807) is 14.0 Å². The van der Waals surface area contributed by atoms with Gasteiger partial charge in [0, 0.05) is 20.0 Å². The van der Waals surface area contributed by atoms with Crippen LogP contribution >= 0.6 is 0 Å². The van der Waals surface area contributed by atoms with Gasteiger partial charge in [0.2, 0.25) is 8.32 Å². The van der Waals surface area contributed by atoms with Crippen LogP contribution in [-0.4, -0.2) is 51.1 Å². The van der Waals surface area contributed by atoms with E-state index in [0.29, 0.717) is 25.2 Å². The first-order valence-corrected chi connectivity index (χ1v) is 11.8. The molecular formula is C18H32O6Si. The van der Waals surface area contributed by atoms with E-state index in [0.717, 1.165) is 5.57 Å². The van der Waals surface area contributed by atoms with Crippen LogP contribution in [0.4, 0.5) is 0 Å². The third kappa shape index (κ3) is 4.10. The highest BCUT2D eigenvalue weighted by Crippen LogP contribution is 2.50. The highest BCUT2D eigenvalue weighted by Gasteiger charge is 2.57. The number of fused-ring (bicyclic) bond motifs is 1. The quantitative estimate of drug-likeness (QED) is 0.570. The third-order valence-corrected chi connectivity index (χ3v) is 9.84. The summed E-state index contributed by atoms with van der Waals surface area (Å²) in [7, 11) is -0.586. The van der Waals surface area contributed by atoms with Crippen LogP contribution in [0.25, 0.3) is 0 Å². The topological polar surface area (TPSA) is 74.2 Å². The van der Waals surface area contributed by atoms with E-state index in [2.05, 4.69) is 33.9 Å². The van der Waals surface area contributed by atoms with Crippen molar-refractivity contribution in [3.63, 3.8) is 0 Å². The lowest BCUT2D eigenvalue weighted by Crippen LogP contribution is -2.43. The molecule has 6 nitrogen and oxygen atoms in total. The second-order valence-electron chi connectivity index (χ2n) is 8.48. The van der Waals surface area contributed by atoms with Gasteiger partial charge in [-0.1, -0.05) is 20.8 Å². The van der Waals surface area contributed by atoms with Crippen LogP contribution in [0.2, 0.25) is 18.1 Å².